The molecule has 19 heavy (non-hydrogen) atoms. The zero-order valence-electron chi connectivity index (χ0n) is 9.62. The van der Waals surface area contributed by atoms with Crippen LogP contribution in [0.5, 0.6) is 0 Å². The summed E-state index contributed by atoms with van der Waals surface area (Å²) in [5.41, 5.74) is 0.584. The van der Waals surface area contributed by atoms with E-state index in [1.807, 2.05) is 6.07 Å². The van der Waals surface area contributed by atoms with Crippen molar-refractivity contribution in [2.45, 2.75) is 4.21 Å². The van der Waals surface area contributed by atoms with Gasteiger partial charge in [-0.3, -0.25) is 4.79 Å². The Hall–Kier alpha value is -1.43. The highest BCUT2D eigenvalue weighted by molar-refractivity contribution is 8.15. The van der Waals surface area contributed by atoms with E-state index in [4.69, 9.17) is 10.7 Å². The van der Waals surface area contributed by atoms with Crippen LogP contribution >= 0.6 is 22.0 Å². The molecular formula is C13H9ClO3S2. The summed E-state index contributed by atoms with van der Waals surface area (Å²) in [6.07, 6.45) is 2.98. The summed E-state index contributed by atoms with van der Waals surface area (Å²) in [7, 11) is 1.52. The Kier molecular flexibility index (Phi) is 4.19. The number of hydrogen-bond acceptors (Lipinski definition) is 4. The summed E-state index contributed by atoms with van der Waals surface area (Å²) >= 11 is 1.02. The normalized spacial score (nSPS) is 11.8. The molecule has 6 heteroatoms. The van der Waals surface area contributed by atoms with Gasteiger partial charge in [0.25, 0.3) is 9.05 Å². The molecule has 3 nitrogen and oxygen atoms in total. The van der Waals surface area contributed by atoms with Gasteiger partial charge in [0.2, 0.25) is 0 Å². The molecule has 0 amide bonds. The molecule has 1 aromatic heterocycles. The molecule has 2 rings (SSSR count). The van der Waals surface area contributed by atoms with Gasteiger partial charge in [-0.15, -0.1) is 11.3 Å². The summed E-state index contributed by atoms with van der Waals surface area (Å²) in [6.45, 7) is 0. The monoisotopic (exact) mass is 312 g/mol. The Morgan fingerprint density at radius 3 is 2.37 bits per heavy atom. The van der Waals surface area contributed by atoms with Crippen molar-refractivity contribution in [3.8, 4) is 0 Å². The Morgan fingerprint density at radius 2 is 1.79 bits per heavy atom. The molecule has 98 valence electrons. The van der Waals surface area contributed by atoms with Crippen molar-refractivity contribution < 1.29 is 13.2 Å². The molecule has 0 saturated heterocycles. The smallest absolute Gasteiger partial charge is 0.270 e. The minimum absolute atomic E-state index is 0.0703. The lowest BCUT2D eigenvalue weighted by molar-refractivity contribution is 0.104. The first kappa shape index (κ1) is 14.0. The molecule has 0 bridgehead atoms. The zero-order chi connectivity index (χ0) is 13.9. The summed E-state index contributed by atoms with van der Waals surface area (Å²) in [5, 5.41) is 0. The number of halogens is 1. The van der Waals surface area contributed by atoms with Crippen molar-refractivity contribution in [2.24, 2.45) is 0 Å². The van der Waals surface area contributed by atoms with Crippen LogP contribution in [0.1, 0.15) is 15.2 Å². The summed E-state index contributed by atoms with van der Waals surface area (Å²) in [5.74, 6) is -0.135. The van der Waals surface area contributed by atoms with Crippen LogP contribution in [-0.4, -0.2) is 14.2 Å². The lowest BCUT2D eigenvalue weighted by atomic mass is 10.1. The lowest BCUT2D eigenvalue weighted by Crippen LogP contribution is -1.92. The second-order valence-electron chi connectivity index (χ2n) is 3.66. The Balaban J connectivity index is 2.16. The van der Waals surface area contributed by atoms with Gasteiger partial charge in [-0.2, -0.15) is 0 Å². The molecule has 0 saturated carbocycles. The molecular weight excluding hydrogens is 304 g/mol. The molecule has 0 aliphatic carbocycles. The van der Waals surface area contributed by atoms with Crippen LogP contribution in [0.25, 0.3) is 6.08 Å². The predicted octanol–water partition coefficient (Wildman–Crippen LogP) is 3.57. The largest absolute Gasteiger partial charge is 0.289 e. The fourth-order valence-corrected chi connectivity index (χ4v) is 3.41. The van der Waals surface area contributed by atoms with Gasteiger partial charge in [0.1, 0.15) is 4.21 Å². The fraction of sp³-hybridized carbons (Fsp3) is 0. The van der Waals surface area contributed by atoms with E-state index in [9.17, 15) is 13.2 Å². The van der Waals surface area contributed by atoms with Gasteiger partial charge in [0.05, 0.1) is 0 Å². The Morgan fingerprint density at radius 1 is 1.11 bits per heavy atom. The molecule has 0 fully saturated rings. The zero-order valence-corrected chi connectivity index (χ0v) is 12.0. The van der Waals surface area contributed by atoms with Crippen LogP contribution in [0.15, 0.2) is 52.7 Å². The van der Waals surface area contributed by atoms with E-state index >= 15 is 0 Å². The van der Waals surface area contributed by atoms with Gasteiger partial charge in [-0.05, 0) is 24.3 Å². The molecule has 0 aliphatic rings. The van der Waals surface area contributed by atoms with Gasteiger partial charge in [0, 0.05) is 21.1 Å². The van der Waals surface area contributed by atoms with E-state index in [2.05, 4.69) is 0 Å². The molecule has 0 spiro atoms. The van der Waals surface area contributed by atoms with Gasteiger partial charge in [-0.1, -0.05) is 30.3 Å². The van der Waals surface area contributed by atoms with E-state index in [1.165, 1.54) is 12.1 Å². The number of hydrogen-bond donors (Lipinski definition) is 0. The third-order valence-corrected chi connectivity index (χ3v) is 5.44. The summed E-state index contributed by atoms with van der Waals surface area (Å²) in [4.78, 5) is 12.5. The van der Waals surface area contributed by atoms with Gasteiger partial charge < -0.3 is 0 Å². The molecule has 0 radical (unpaired) electrons. The van der Waals surface area contributed by atoms with Gasteiger partial charge >= 0.3 is 0 Å². The Bertz CT molecular complexity index is 715. The van der Waals surface area contributed by atoms with Crippen molar-refractivity contribution in [3.05, 3.63) is 59.0 Å². The van der Waals surface area contributed by atoms with E-state index in [-0.39, 0.29) is 9.99 Å². The fourth-order valence-electron chi connectivity index (χ4n) is 1.41. The highest BCUT2D eigenvalue weighted by Gasteiger charge is 2.12. The molecule has 1 heterocycles. The van der Waals surface area contributed by atoms with Gasteiger partial charge in [-0.25, -0.2) is 8.42 Å². The number of ketones is 1. The first-order valence-corrected chi connectivity index (χ1v) is 8.41. The molecule has 0 unspecified atom stereocenters. The lowest BCUT2D eigenvalue weighted by Gasteiger charge is -1.93. The maximum Gasteiger partial charge on any atom is 0.270 e. The van der Waals surface area contributed by atoms with Crippen molar-refractivity contribution in [2.75, 3.05) is 0 Å². The summed E-state index contributed by atoms with van der Waals surface area (Å²) < 4.78 is 22.3. The van der Waals surface area contributed by atoms with Crippen molar-refractivity contribution >= 4 is 42.9 Å². The van der Waals surface area contributed by atoms with E-state index in [1.54, 1.807) is 36.4 Å². The average molecular weight is 313 g/mol. The SMILES string of the molecule is O=C(/C=C/c1ccc(S(=O)(=O)Cl)s1)c1ccccc1. The number of carbonyl (C=O) groups is 1. The van der Waals surface area contributed by atoms with Crippen molar-refractivity contribution in [1.29, 1.82) is 0 Å². The Labute approximate surface area is 119 Å². The first-order valence-electron chi connectivity index (χ1n) is 5.29. The highest BCUT2D eigenvalue weighted by Crippen LogP contribution is 2.25. The average Bonchev–Trinajstić information content (AvgIpc) is 2.86. The summed E-state index contributed by atoms with van der Waals surface area (Å²) in [6, 6.07) is 11.9. The third kappa shape index (κ3) is 3.76. The van der Waals surface area contributed by atoms with Crippen LogP contribution in [0.4, 0.5) is 0 Å². The molecule has 0 aliphatic heterocycles. The second-order valence-corrected chi connectivity index (χ2v) is 7.57. The molecule has 0 N–H and O–H groups in total. The third-order valence-electron chi connectivity index (χ3n) is 2.30. The number of allylic oxidation sites excluding steroid dienone is 1. The van der Waals surface area contributed by atoms with Gasteiger partial charge in [0.15, 0.2) is 5.78 Å². The van der Waals surface area contributed by atoms with Crippen LogP contribution in [0.2, 0.25) is 0 Å². The molecule has 0 atom stereocenters. The van der Waals surface area contributed by atoms with E-state index in [0.717, 1.165) is 11.3 Å². The topological polar surface area (TPSA) is 51.2 Å². The molecule has 2 aromatic rings. The van der Waals surface area contributed by atoms with Crippen LogP contribution in [0.3, 0.4) is 0 Å². The maximum absolute atomic E-state index is 11.8. The van der Waals surface area contributed by atoms with E-state index in [0.29, 0.717) is 10.4 Å². The number of rotatable bonds is 4. The standard InChI is InChI=1S/C13H9ClO3S2/c14-19(16,17)13-9-7-11(18-13)6-8-12(15)10-4-2-1-3-5-10/h1-9H/b8-6+. The second kappa shape index (κ2) is 5.69. The number of benzene rings is 1. The maximum atomic E-state index is 11.8. The minimum atomic E-state index is -3.70. The van der Waals surface area contributed by atoms with Crippen molar-refractivity contribution in [1.82, 2.24) is 0 Å². The molecule has 1 aromatic carbocycles. The van der Waals surface area contributed by atoms with Crippen LogP contribution in [0, 0.1) is 0 Å². The van der Waals surface area contributed by atoms with Crippen LogP contribution in [-0.2, 0) is 9.05 Å². The number of thiophene rings is 1. The highest BCUT2D eigenvalue weighted by atomic mass is 35.7. The number of carbonyl (C=O) groups excluding carboxylic acids is 1. The quantitative estimate of drug-likeness (QED) is 0.492. The minimum Gasteiger partial charge on any atom is -0.289 e. The van der Waals surface area contributed by atoms with Crippen LogP contribution < -0.4 is 0 Å². The predicted molar refractivity (Wildman–Crippen MR) is 77.2 cm³/mol. The first-order chi connectivity index (χ1) is 8.97. The van der Waals surface area contributed by atoms with Crippen molar-refractivity contribution in [3.63, 3.8) is 0 Å². The van der Waals surface area contributed by atoms with E-state index < -0.39 is 9.05 Å².